The fourth-order valence-corrected chi connectivity index (χ4v) is 3.45. The number of benzene rings is 1. The first-order chi connectivity index (χ1) is 15.8. The second-order valence-corrected chi connectivity index (χ2v) is 7.46. The zero-order valence-corrected chi connectivity index (χ0v) is 18.2. The first-order valence-electron chi connectivity index (χ1n) is 11.0. The van der Waals surface area contributed by atoms with Gasteiger partial charge in [0.15, 0.2) is 11.5 Å². The summed E-state index contributed by atoms with van der Waals surface area (Å²) in [6.45, 7) is 5.98. The monoisotopic (exact) mass is 445 g/mol. The van der Waals surface area contributed by atoms with Gasteiger partial charge < -0.3 is 40.2 Å². The number of hydrogen-bond donors (Lipinski definition) is 3. The van der Waals surface area contributed by atoms with Gasteiger partial charge in [-0.1, -0.05) is 6.07 Å². The molecule has 2 aliphatic heterocycles. The van der Waals surface area contributed by atoms with E-state index in [1.807, 2.05) is 18.2 Å². The number of fused-ring (bicyclic) bond motifs is 1. The van der Waals surface area contributed by atoms with Gasteiger partial charge in [-0.2, -0.15) is 15.0 Å². The Morgan fingerprint density at radius 3 is 2.47 bits per heavy atom. The van der Waals surface area contributed by atoms with Crippen LogP contribution in [0.1, 0.15) is 18.4 Å². The standard InChI is InChI=1S/C21H31N7O4/c22-5-9-29-11-12-30-10-6-23-19-25-20(27-21(26-19)28-7-1-2-8-28)24-14-16-3-4-17-18(13-16)32-15-31-17/h3-4,13H,1-2,5-12,14-15,22H2,(H2,23,24,25,26,27). The van der Waals surface area contributed by atoms with Gasteiger partial charge in [0.1, 0.15) is 0 Å². The second-order valence-electron chi connectivity index (χ2n) is 7.46. The maximum Gasteiger partial charge on any atom is 0.231 e. The lowest BCUT2D eigenvalue weighted by Gasteiger charge is -2.17. The van der Waals surface area contributed by atoms with E-state index in [0.717, 1.165) is 43.0 Å². The molecular formula is C21H31N7O4. The molecule has 11 nitrogen and oxygen atoms in total. The molecule has 0 amide bonds. The number of anilines is 3. The molecule has 0 atom stereocenters. The zero-order valence-electron chi connectivity index (χ0n) is 18.2. The van der Waals surface area contributed by atoms with Crippen molar-refractivity contribution in [2.24, 2.45) is 5.73 Å². The number of nitrogens with zero attached hydrogens (tertiary/aromatic N) is 4. The smallest absolute Gasteiger partial charge is 0.231 e. The number of hydrogen-bond acceptors (Lipinski definition) is 11. The second kappa shape index (κ2) is 11.7. The SMILES string of the molecule is NCCOCCOCCNc1nc(NCc2ccc3c(c2)OCO3)nc(N2CCCC2)n1. The Balaban J connectivity index is 1.33. The van der Waals surface area contributed by atoms with Crippen LogP contribution in [0.3, 0.4) is 0 Å². The van der Waals surface area contributed by atoms with Crippen molar-refractivity contribution in [3.05, 3.63) is 23.8 Å². The Bertz CT molecular complexity index is 864. The Morgan fingerprint density at radius 2 is 1.66 bits per heavy atom. The van der Waals surface area contributed by atoms with Crippen LogP contribution < -0.4 is 30.7 Å². The van der Waals surface area contributed by atoms with Crippen molar-refractivity contribution in [2.75, 3.05) is 74.9 Å². The van der Waals surface area contributed by atoms with Crippen LogP contribution in [0, 0.1) is 0 Å². The molecule has 1 aromatic carbocycles. The van der Waals surface area contributed by atoms with Crippen molar-refractivity contribution in [1.29, 1.82) is 0 Å². The van der Waals surface area contributed by atoms with E-state index in [0.29, 0.717) is 63.9 Å². The van der Waals surface area contributed by atoms with Gasteiger partial charge in [0, 0.05) is 32.7 Å². The number of rotatable bonds is 13. The van der Waals surface area contributed by atoms with E-state index in [-0.39, 0.29) is 6.79 Å². The molecule has 0 bridgehead atoms. The molecule has 0 saturated carbocycles. The highest BCUT2D eigenvalue weighted by Gasteiger charge is 2.18. The van der Waals surface area contributed by atoms with Crippen LogP contribution in [0.15, 0.2) is 18.2 Å². The quantitative estimate of drug-likeness (QED) is 0.385. The summed E-state index contributed by atoms with van der Waals surface area (Å²) in [6.07, 6.45) is 2.29. The number of aromatic nitrogens is 3. The van der Waals surface area contributed by atoms with Crippen LogP contribution in [-0.4, -0.2) is 74.4 Å². The molecule has 4 rings (SSSR count). The van der Waals surface area contributed by atoms with Crippen molar-refractivity contribution in [3.63, 3.8) is 0 Å². The topological polar surface area (TPSA) is 129 Å². The van der Waals surface area contributed by atoms with Crippen LogP contribution in [0.4, 0.5) is 17.8 Å². The van der Waals surface area contributed by atoms with E-state index >= 15 is 0 Å². The van der Waals surface area contributed by atoms with Crippen LogP contribution in [-0.2, 0) is 16.0 Å². The molecule has 2 aliphatic rings. The van der Waals surface area contributed by atoms with E-state index in [1.54, 1.807) is 0 Å². The average molecular weight is 446 g/mol. The van der Waals surface area contributed by atoms with Crippen molar-refractivity contribution in [2.45, 2.75) is 19.4 Å². The fourth-order valence-electron chi connectivity index (χ4n) is 3.45. The predicted octanol–water partition coefficient (Wildman–Crippen LogP) is 1.22. The highest BCUT2D eigenvalue weighted by atomic mass is 16.7. The molecule has 0 aliphatic carbocycles. The molecule has 0 unspecified atom stereocenters. The lowest BCUT2D eigenvalue weighted by atomic mass is 10.2. The Hall–Kier alpha value is -2.89. The van der Waals surface area contributed by atoms with Gasteiger partial charge in [-0.05, 0) is 30.5 Å². The normalized spacial score (nSPS) is 14.7. The molecular weight excluding hydrogens is 414 g/mol. The molecule has 174 valence electrons. The third kappa shape index (κ3) is 6.31. The summed E-state index contributed by atoms with van der Waals surface area (Å²) in [5, 5.41) is 6.54. The third-order valence-electron chi connectivity index (χ3n) is 5.06. The molecule has 11 heteroatoms. The van der Waals surface area contributed by atoms with E-state index in [4.69, 9.17) is 24.7 Å². The van der Waals surface area contributed by atoms with E-state index in [9.17, 15) is 0 Å². The maximum absolute atomic E-state index is 5.56. The maximum atomic E-state index is 5.56. The third-order valence-corrected chi connectivity index (χ3v) is 5.06. The summed E-state index contributed by atoms with van der Waals surface area (Å²) in [5.41, 5.74) is 6.44. The Morgan fingerprint density at radius 1 is 0.906 bits per heavy atom. The van der Waals surface area contributed by atoms with Crippen molar-refractivity contribution in [1.82, 2.24) is 15.0 Å². The molecule has 3 heterocycles. The van der Waals surface area contributed by atoms with E-state index in [1.165, 1.54) is 0 Å². The van der Waals surface area contributed by atoms with Crippen LogP contribution in [0.25, 0.3) is 0 Å². The molecule has 1 saturated heterocycles. The molecule has 4 N–H and O–H groups in total. The van der Waals surface area contributed by atoms with Crippen molar-refractivity contribution in [3.8, 4) is 11.5 Å². The summed E-state index contributed by atoms with van der Waals surface area (Å²) in [5.74, 6) is 3.26. The van der Waals surface area contributed by atoms with Gasteiger partial charge in [-0.3, -0.25) is 0 Å². The summed E-state index contributed by atoms with van der Waals surface area (Å²) >= 11 is 0. The van der Waals surface area contributed by atoms with Gasteiger partial charge in [0.25, 0.3) is 0 Å². The number of nitrogens with one attached hydrogen (secondary N) is 2. The first kappa shape index (κ1) is 22.3. The fraction of sp³-hybridized carbons (Fsp3) is 0.571. The molecule has 1 aromatic heterocycles. The van der Waals surface area contributed by atoms with Crippen LogP contribution in [0.2, 0.25) is 0 Å². The highest BCUT2D eigenvalue weighted by molar-refractivity contribution is 5.47. The van der Waals surface area contributed by atoms with Gasteiger partial charge >= 0.3 is 0 Å². The lowest BCUT2D eigenvalue weighted by Crippen LogP contribution is -2.23. The molecule has 32 heavy (non-hydrogen) atoms. The first-order valence-corrected chi connectivity index (χ1v) is 11.0. The molecule has 0 radical (unpaired) electrons. The molecule has 1 fully saturated rings. The van der Waals surface area contributed by atoms with Gasteiger partial charge in [-0.25, -0.2) is 0 Å². The van der Waals surface area contributed by atoms with Crippen LogP contribution in [0.5, 0.6) is 11.5 Å². The van der Waals surface area contributed by atoms with Crippen molar-refractivity contribution >= 4 is 17.8 Å². The number of ether oxygens (including phenoxy) is 4. The Kier molecular flexibility index (Phi) is 8.12. The zero-order chi connectivity index (χ0) is 22.0. The Labute approximate surface area is 187 Å². The summed E-state index contributed by atoms with van der Waals surface area (Å²) in [6, 6.07) is 5.87. The van der Waals surface area contributed by atoms with Gasteiger partial charge in [0.2, 0.25) is 24.6 Å². The van der Waals surface area contributed by atoms with Crippen molar-refractivity contribution < 1.29 is 18.9 Å². The highest BCUT2D eigenvalue weighted by Crippen LogP contribution is 2.32. The summed E-state index contributed by atoms with van der Waals surface area (Å²) < 4.78 is 21.7. The van der Waals surface area contributed by atoms with E-state index < -0.39 is 0 Å². The lowest BCUT2D eigenvalue weighted by molar-refractivity contribution is 0.0547. The predicted molar refractivity (Wildman–Crippen MR) is 120 cm³/mol. The van der Waals surface area contributed by atoms with E-state index in [2.05, 4.69) is 30.5 Å². The number of nitrogens with two attached hydrogens (primary N) is 1. The summed E-state index contributed by atoms with van der Waals surface area (Å²) in [7, 11) is 0. The largest absolute Gasteiger partial charge is 0.454 e. The molecule has 2 aromatic rings. The minimum Gasteiger partial charge on any atom is -0.454 e. The minimum absolute atomic E-state index is 0.262. The minimum atomic E-state index is 0.262. The summed E-state index contributed by atoms with van der Waals surface area (Å²) in [4.78, 5) is 15.9. The van der Waals surface area contributed by atoms with Gasteiger partial charge in [-0.15, -0.1) is 0 Å². The van der Waals surface area contributed by atoms with Crippen LogP contribution >= 0.6 is 0 Å². The average Bonchev–Trinajstić information content (AvgIpc) is 3.51. The molecule has 0 spiro atoms. The van der Waals surface area contributed by atoms with Gasteiger partial charge in [0.05, 0.1) is 26.4 Å².